The lowest BCUT2D eigenvalue weighted by Gasteiger charge is -2.27. The van der Waals surface area contributed by atoms with Gasteiger partial charge in [0.05, 0.1) is 34.6 Å². The van der Waals surface area contributed by atoms with Crippen LogP contribution in [0, 0.1) is 12.8 Å². The van der Waals surface area contributed by atoms with E-state index in [1.54, 1.807) is 6.20 Å². The molecule has 0 N–H and O–H groups in total. The standard InChI is InChI=1S/C31H38ClN7O2SSi/c1-21-35-25-7-6-24(14-28(25)39(21)20-40-12-13-43(3,4)5)41-29-9-8-26-31(30(29)32)36-27(16-33-26)23-15-34-38(18-23)17-22-10-11-37(2)42-19-22/h6-9,14-16,18,22H,10-13,17,19-20H2,1-5H3. The van der Waals surface area contributed by atoms with E-state index in [1.807, 2.05) is 66.3 Å². The molecule has 4 heterocycles. The summed E-state index contributed by atoms with van der Waals surface area (Å²) in [6.07, 6.45) is 6.84. The second-order valence-electron chi connectivity index (χ2n) is 12.4. The van der Waals surface area contributed by atoms with E-state index in [2.05, 4.69) is 45.6 Å². The lowest BCUT2D eigenvalue weighted by atomic mass is 10.1. The summed E-state index contributed by atoms with van der Waals surface area (Å²) in [4.78, 5) is 14.2. The average molecular weight is 636 g/mol. The Bertz CT molecular complexity index is 1740. The molecular weight excluding hydrogens is 598 g/mol. The number of aromatic nitrogens is 6. The molecule has 0 amide bonds. The summed E-state index contributed by atoms with van der Waals surface area (Å²) in [5, 5.41) is 5.02. The van der Waals surface area contributed by atoms with Gasteiger partial charge in [0.25, 0.3) is 0 Å². The zero-order chi connectivity index (χ0) is 30.1. The topological polar surface area (TPSA) is 83.1 Å². The molecule has 0 saturated carbocycles. The molecule has 226 valence electrons. The summed E-state index contributed by atoms with van der Waals surface area (Å²) in [6.45, 7) is 12.3. The number of aryl methyl sites for hydroxylation is 1. The van der Waals surface area contributed by atoms with Crippen molar-refractivity contribution in [3.05, 3.63) is 59.8 Å². The third-order valence-corrected chi connectivity index (χ3v) is 11.0. The third-order valence-electron chi connectivity index (χ3n) is 7.73. The maximum Gasteiger partial charge on any atom is 0.148 e. The highest BCUT2D eigenvalue weighted by molar-refractivity contribution is 7.97. The van der Waals surface area contributed by atoms with Crippen molar-refractivity contribution in [2.45, 2.75) is 52.3 Å². The molecule has 6 rings (SSSR count). The molecule has 0 spiro atoms. The Hall–Kier alpha value is -2.96. The Balaban J connectivity index is 1.20. The molecule has 1 atom stereocenters. The monoisotopic (exact) mass is 635 g/mol. The van der Waals surface area contributed by atoms with E-state index < -0.39 is 8.07 Å². The molecular formula is C31H38ClN7O2SSi. The molecule has 1 unspecified atom stereocenters. The quantitative estimate of drug-likeness (QED) is 0.0886. The molecule has 1 aliphatic heterocycles. The van der Waals surface area contributed by atoms with Gasteiger partial charge in [-0.3, -0.25) is 14.0 Å². The SMILES string of the molecule is Cc1nc2ccc(Oc3ccc4ncc(-c5cnn(CC6CCN(C)SC6)c5)nc4c3Cl)cc2n1COCC[Si](C)(C)C. The Morgan fingerprint density at radius 2 is 1.93 bits per heavy atom. The van der Waals surface area contributed by atoms with Crippen LogP contribution in [-0.4, -0.2) is 67.6 Å². The molecule has 0 bridgehead atoms. The summed E-state index contributed by atoms with van der Waals surface area (Å²) in [7, 11) is 0.993. The van der Waals surface area contributed by atoms with Crippen LogP contribution in [0.25, 0.3) is 33.3 Å². The highest BCUT2D eigenvalue weighted by Crippen LogP contribution is 2.36. The predicted octanol–water partition coefficient (Wildman–Crippen LogP) is 7.51. The fourth-order valence-electron chi connectivity index (χ4n) is 5.10. The third kappa shape index (κ3) is 7.07. The largest absolute Gasteiger partial charge is 0.456 e. The molecule has 2 aromatic carbocycles. The van der Waals surface area contributed by atoms with E-state index in [4.69, 9.17) is 31.0 Å². The molecule has 12 heteroatoms. The van der Waals surface area contributed by atoms with Crippen molar-refractivity contribution in [3.63, 3.8) is 0 Å². The van der Waals surface area contributed by atoms with Crippen molar-refractivity contribution < 1.29 is 9.47 Å². The fourth-order valence-corrected chi connectivity index (χ4v) is 7.07. The number of imidazole rings is 1. The number of rotatable bonds is 10. The second kappa shape index (κ2) is 12.6. The Kier molecular flexibility index (Phi) is 8.79. The van der Waals surface area contributed by atoms with Gasteiger partial charge < -0.3 is 14.0 Å². The fraction of sp³-hybridized carbons (Fsp3) is 0.419. The molecule has 0 radical (unpaired) electrons. The average Bonchev–Trinajstić information content (AvgIpc) is 3.56. The van der Waals surface area contributed by atoms with E-state index in [0.717, 1.165) is 59.6 Å². The van der Waals surface area contributed by atoms with Gasteiger partial charge in [-0.1, -0.05) is 43.2 Å². The van der Waals surface area contributed by atoms with Crippen molar-refractivity contribution in [1.82, 2.24) is 33.6 Å². The van der Waals surface area contributed by atoms with Crippen LogP contribution in [-0.2, 0) is 18.0 Å². The van der Waals surface area contributed by atoms with Crippen LogP contribution in [0.5, 0.6) is 11.5 Å². The maximum atomic E-state index is 6.88. The lowest BCUT2D eigenvalue weighted by molar-refractivity contribution is 0.0885. The van der Waals surface area contributed by atoms with Gasteiger partial charge in [-0.15, -0.1) is 0 Å². The highest BCUT2D eigenvalue weighted by Gasteiger charge is 2.19. The van der Waals surface area contributed by atoms with Crippen molar-refractivity contribution >= 4 is 53.7 Å². The highest BCUT2D eigenvalue weighted by atomic mass is 35.5. The molecule has 1 saturated heterocycles. The van der Waals surface area contributed by atoms with Crippen molar-refractivity contribution in [2.75, 3.05) is 26.0 Å². The van der Waals surface area contributed by atoms with Crippen LogP contribution in [0.3, 0.4) is 0 Å². The summed E-state index contributed by atoms with van der Waals surface area (Å²) in [5.74, 6) is 3.80. The van der Waals surface area contributed by atoms with Gasteiger partial charge >= 0.3 is 0 Å². The first-order valence-corrected chi connectivity index (χ1v) is 19.7. The molecule has 43 heavy (non-hydrogen) atoms. The minimum Gasteiger partial charge on any atom is -0.456 e. The summed E-state index contributed by atoms with van der Waals surface area (Å²) in [5.41, 5.74) is 4.79. The number of halogens is 1. The number of hydrogen-bond donors (Lipinski definition) is 0. The number of ether oxygens (including phenoxy) is 2. The molecule has 0 aliphatic carbocycles. The summed E-state index contributed by atoms with van der Waals surface area (Å²) >= 11 is 8.78. The van der Waals surface area contributed by atoms with E-state index in [0.29, 0.717) is 40.2 Å². The predicted molar refractivity (Wildman–Crippen MR) is 178 cm³/mol. The Morgan fingerprint density at radius 3 is 2.72 bits per heavy atom. The van der Waals surface area contributed by atoms with Crippen molar-refractivity contribution in [1.29, 1.82) is 0 Å². The molecule has 5 aromatic rings. The number of hydrogen-bond acceptors (Lipinski definition) is 8. The molecule has 3 aromatic heterocycles. The van der Waals surface area contributed by atoms with Gasteiger partial charge in [0.2, 0.25) is 0 Å². The summed E-state index contributed by atoms with van der Waals surface area (Å²) < 4.78 is 18.7. The summed E-state index contributed by atoms with van der Waals surface area (Å²) in [6, 6.07) is 10.7. The van der Waals surface area contributed by atoms with Crippen LogP contribution < -0.4 is 4.74 Å². The van der Waals surface area contributed by atoms with E-state index in [1.165, 1.54) is 6.42 Å². The van der Waals surface area contributed by atoms with Crippen LogP contribution in [0.15, 0.2) is 48.9 Å². The second-order valence-corrected chi connectivity index (χ2v) is 19.7. The maximum absolute atomic E-state index is 6.88. The van der Waals surface area contributed by atoms with Crippen molar-refractivity contribution in [3.8, 4) is 22.8 Å². The van der Waals surface area contributed by atoms with Crippen LogP contribution in [0.4, 0.5) is 0 Å². The Morgan fingerprint density at radius 1 is 1.09 bits per heavy atom. The first kappa shape index (κ1) is 30.1. The van der Waals surface area contributed by atoms with Gasteiger partial charge in [0, 0.05) is 51.3 Å². The van der Waals surface area contributed by atoms with Crippen LogP contribution in [0.2, 0.25) is 30.7 Å². The van der Waals surface area contributed by atoms with Crippen molar-refractivity contribution in [2.24, 2.45) is 5.92 Å². The number of nitrogens with zero attached hydrogens (tertiary/aromatic N) is 7. The Labute approximate surface area is 262 Å². The first-order valence-electron chi connectivity index (χ1n) is 14.7. The van der Waals surface area contributed by atoms with Crippen LogP contribution in [0.1, 0.15) is 12.2 Å². The smallest absolute Gasteiger partial charge is 0.148 e. The van der Waals surface area contributed by atoms with E-state index in [-0.39, 0.29) is 0 Å². The van der Waals surface area contributed by atoms with Gasteiger partial charge in [0.15, 0.2) is 0 Å². The lowest BCUT2D eigenvalue weighted by Crippen LogP contribution is -2.26. The molecule has 1 aliphatic rings. The first-order chi connectivity index (χ1) is 20.6. The minimum atomic E-state index is -1.15. The number of benzene rings is 2. The van der Waals surface area contributed by atoms with Gasteiger partial charge in [-0.05, 0) is 56.6 Å². The molecule has 9 nitrogen and oxygen atoms in total. The minimum absolute atomic E-state index is 0.419. The van der Waals surface area contributed by atoms with Gasteiger partial charge in [-0.25, -0.2) is 9.97 Å². The zero-order valence-electron chi connectivity index (χ0n) is 25.4. The number of fused-ring (bicyclic) bond motifs is 2. The normalized spacial score (nSPS) is 16.4. The van der Waals surface area contributed by atoms with Crippen LogP contribution >= 0.6 is 23.5 Å². The van der Waals surface area contributed by atoms with Gasteiger partial charge in [-0.2, -0.15) is 5.10 Å². The van der Waals surface area contributed by atoms with E-state index in [9.17, 15) is 0 Å². The molecule has 1 fully saturated rings. The van der Waals surface area contributed by atoms with E-state index >= 15 is 0 Å². The van der Waals surface area contributed by atoms with Gasteiger partial charge in [0.1, 0.15) is 34.6 Å². The zero-order valence-corrected chi connectivity index (χ0v) is 28.0.